The SMILES string of the molecule is CCCN(C(=O)CCc1cc(Cl)cs1)C1CCNC1.Cl. The minimum Gasteiger partial charge on any atom is -0.338 e. The summed E-state index contributed by atoms with van der Waals surface area (Å²) in [7, 11) is 0. The molecule has 114 valence electrons. The molecule has 1 aromatic heterocycles. The molecule has 1 aliphatic heterocycles. The van der Waals surface area contributed by atoms with Gasteiger partial charge in [-0.2, -0.15) is 0 Å². The summed E-state index contributed by atoms with van der Waals surface area (Å²) in [6, 6.07) is 2.35. The van der Waals surface area contributed by atoms with Crippen LogP contribution in [-0.2, 0) is 11.2 Å². The van der Waals surface area contributed by atoms with Crippen molar-refractivity contribution in [3.8, 4) is 0 Å². The smallest absolute Gasteiger partial charge is 0.223 e. The fourth-order valence-electron chi connectivity index (χ4n) is 2.52. The molecule has 0 saturated carbocycles. The topological polar surface area (TPSA) is 32.3 Å². The van der Waals surface area contributed by atoms with Gasteiger partial charge in [0, 0.05) is 35.8 Å². The second-order valence-corrected chi connectivity index (χ2v) is 6.40. The van der Waals surface area contributed by atoms with E-state index in [0.29, 0.717) is 12.5 Å². The van der Waals surface area contributed by atoms with E-state index in [1.165, 1.54) is 4.88 Å². The summed E-state index contributed by atoms with van der Waals surface area (Å²) in [5.74, 6) is 0.278. The summed E-state index contributed by atoms with van der Waals surface area (Å²) in [4.78, 5) is 15.6. The Labute approximate surface area is 136 Å². The van der Waals surface area contributed by atoms with Crippen molar-refractivity contribution in [2.45, 2.75) is 38.6 Å². The zero-order valence-electron chi connectivity index (χ0n) is 11.7. The molecule has 0 spiro atoms. The van der Waals surface area contributed by atoms with E-state index in [4.69, 9.17) is 11.6 Å². The van der Waals surface area contributed by atoms with Gasteiger partial charge in [-0.25, -0.2) is 0 Å². The number of nitrogens with zero attached hydrogens (tertiary/aromatic N) is 1. The van der Waals surface area contributed by atoms with Crippen molar-refractivity contribution in [3.05, 3.63) is 21.3 Å². The van der Waals surface area contributed by atoms with Crippen LogP contribution in [0.3, 0.4) is 0 Å². The Kier molecular flexibility index (Phi) is 7.88. The van der Waals surface area contributed by atoms with Crippen LogP contribution in [0, 0.1) is 0 Å². The van der Waals surface area contributed by atoms with Gasteiger partial charge in [0.15, 0.2) is 0 Å². The van der Waals surface area contributed by atoms with Crippen LogP contribution in [0.5, 0.6) is 0 Å². The zero-order chi connectivity index (χ0) is 13.7. The molecule has 1 amide bonds. The van der Waals surface area contributed by atoms with Gasteiger partial charge in [0.2, 0.25) is 5.91 Å². The highest BCUT2D eigenvalue weighted by atomic mass is 35.5. The van der Waals surface area contributed by atoms with Crippen LogP contribution >= 0.6 is 35.3 Å². The average molecular weight is 337 g/mol. The highest BCUT2D eigenvalue weighted by molar-refractivity contribution is 7.10. The third-order valence-corrected chi connectivity index (χ3v) is 4.81. The van der Waals surface area contributed by atoms with Crippen LogP contribution in [0.4, 0.5) is 0 Å². The molecule has 1 atom stereocenters. The lowest BCUT2D eigenvalue weighted by atomic mass is 10.1. The lowest BCUT2D eigenvalue weighted by molar-refractivity contribution is -0.133. The van der Waals surface area contributed by atoms with E-state index in [0.717, 1.165) is 43.9 Å². The van der Waals surface area contributed by atoms with Crippen LogP contribution in [0.1, 0.15) is 31.1 Å². The Morgan fingerprint density at radius 2 is 2.40 bits per heavy atom. The minimum atomic E-state index is 0. The molecule has 1 unspecified atom stereocenters. The second-order valence-electron chi connectivity index (χ2n) is 4.96. The van der Waals surface area contributed by atoms with Crippen LogP contribution < -0.4 is 5.32 Å². The number of thiophene rings is 1. The first-order valence-corrected chi connectivity index (χ1v) is 8.19. The number of amides is 1. The van der Waals surface area contributed by atoms with Gasteiger partial charge in [-0.05, 0) is 31.9 Å². The third-order valence-electron chi connectivity index (χ3n) is 3.47. The van der Waals surface area contributed by atoms with Crippen LogP contribution in [-0.4, -0.2) is 36.5 Å². The first-order valence-electron chi connectivity index (χ1n) is 6.93. The maximum atomic E-state index is 12.4. The van der Waals surface area contributed by atoms with Crippen LogP contribution in [0.15, 0.2) is 11.4 Å². The number of halogens is 2. The van der Waals surface area contributed by atoms with Crippen molar-refractivity contribution in [2.75, 3.05) is 19.6 Å². The van der Waals surface area contributed by atoms with E-state index in [2.05, 4.69) is 17.1 Å². The van der Waals surface area contributed by atoms with E-state index < -0.39 is 0 Å². The first-order chi connectivity index (χ1) is 9.20. The summed E-state index contributed by atoms with van der Waals surface area (Å²) >= 11 is 7.53. The molecule has 20 heavy (non-hydrogen) atoms. The molecule has 1 aromatic rings. The molecule has 3 nitrogen and oxygen atoms in total. The van der Waals surface area contributed by atoms with Crippen molar-refractivity contribution in [3.63, 3.8) is 0 Å². The fraction of sp³-hybridized carbons (Fsp3) is 0.643. The lowest BCUT2D eigenvalue weighted by Crippen LogP contribution is -2.42. The number of hydrogen-bond donors (Lipinski definition) is 1. The van der Waals surface area contributed by atoms with E-state index in [9.17, 15) is 4.79 Å². The van der Waals surface area contributed by atoms with Crippen molar-refractivity contribution in [1.29, 1.82) is 0 Å². The summed E-state index contributed by atoms with van der Waals surface area (Å²) < 4.78 is 0. The van der Waals surface area contributed by atoms with Gasteiger partial charge in [-0.3, -0.25) is 4.79 Å². The van der Waals surface area contributed by atoms with E-state index in [-0.39, 0.29) is 18.3 Å². The molecule has 0 bridgehead atoms. The molecule has 1 aliphatic rings. The Hall–Kier alpha value is -0.290. The van der Waals surface area contributed by atoms with Gasteiger partial charge >= 0.3 is 0 Å². The molecule has 2 heterocycles. The van der Waals surface area contributed by atoms with Gasteiger partial charge in [0.25, 0.3) is 0 Å². The van der Waals surface area contributed by atoms with Crippen molar-refractivity contribution in [2.24, 2.45) is 0 Å². The van der Waals surface area contributed by atoms with E-state index in [1.807, 2.05) is 11.4 Å². The molecule has 1 saturated heterocycles. The molecule has 0 aromatic carbocycles. The lowest BCUT2D eigenvalue weighted by Gasteiger charge is -2.28. The quantitative estimate of drug-likeness (QED) is 0.863. The number of aryl methyl sites for hydroxylation is 1. The van der Waals surface area contributed by atoms with Crippen molar-refractivity contribution < 1.29 is 4.79 Å². The average Bonchev–Trinajstić information content (AvgIpc) is 3.04. The second kappa shape index (κ2) is 8.88. The molecule has 1 N–H and O–H groups in total. The fourth-order valence-corrected chi connectivity index (χ4v) is 3.59. The number of carbonyl (C=O) groups is 1. The Morgan fingerprint density at radius 1 is 1.60 bits per heavy atom. The van der Waals surface area contributed by atoms with Gasteiger partial charge < -0.3 is 10.2 Å². The molecule has 2 rings (SSSR count). The highest BCUT2D eigenvalue weighted by Gasteiger charge is 2.25. The summed E-state index contributed by atoms with van der Waals surface area (Å²) in [6.45, 7) is 4.97. The number of carbonyl (C=O) groups excluding carboxylic acids is 1. The number of hydrogen-bond acceptors (Lipinski definition) is 3. The molecule has 1 fully saturated rings. The predicted molar refractivity (Wildman–Crippen MR) is 88.2 cm³/mol. The van der Waals surface area contributed by atoms with Gasteiger partial charge in [0.1, 0.15) is 0 Å². The summed E-state index contributed by atoms with van der Waals surface area (Å²) in [6.07, 6.45) is 3.49. The number of rotatable bonds is 6. The van der Waals surface area contributed by atoms with Gasteiger partial charge in [-0.1, -0.05) is 18.5 Å². The highest BCUT2D eigenvalue weighted by Crippen LogP contribution is 2.21. The first kappa shape index (κ1) is 17.8. The molecule has 0 aliphatic carbocycles. The summed E-state index contributed by atoms with van der Waals surface area (Å²) in [5.41, 5.74) is 0. The maximum absolute atomic E-state index is 12.4. The van der Waals surface area contributed by atoms with Gasteiger partial charge in [0.05, 0.1) is 5.02 Å². The molecule has 6 heteroatoms. The maximum Gasteiger partial charge on any atom is 0.223 e. The largest absolute Gasteiger partial charge is 0.338 e. The Bertz CT molecular complexity index is 419. The monoisotopic (exact) mass is 336 g/mol. The van der Waals surface area contributed by atoms with Crippen LogP contribution in [0.25, 0.3) is 0 Å². The standard InChI is InChI=1S/C14H21ClN2OS.ClH/c1-2-7-17(12-5-6-16-9-12)14(18)4-3-13-8-11(15)10-19-13;/h8,10,12,16H,2-7,9H2,1H3;1H. The van der Waals surface area contributed by atoms with E-state index >= 15 is 0 Å². The predicted octanol–water partition coefficient (Wildman–Crippen LogP) is 3.36. The van der Waals surface area contributed by atoms with Crippen molar-refractivity contribution >= 4 is 41.3 Å². The van der Waals surface area contributed by atoms with E-state index in [1.54, 1.807) is 11.3 Å². The van der Waals surface area contributed by atoms with Crippen molar-refractivity contribution in [1.82, 2.24) is 10.2 Å². The molecular formula is C14H22Cl2N2OS. The molecular weight excluding hydrogens is 315 g/mol. The van der Waals surface area contributed by atoms with Gasteiger partial charge in [-0.15, -0.1) is 23.7 Å². The number of nitrogens with one attached hydrogen (secondary N) is 1. The summed E-state index contributed by atoms with van der Waals surface area (Å²) in [5, 5.41) is 6.03. The Morgan fingerprint density at radius 3 is 2.95 bits per heavy atom. The zero-order valence-corrected chi connectivity index (χ0v) is 14.1. The minimum absolute atomic E-state index is 0. The third kappa shape index (κ3) is 4.92. The Balaban J connectivity index is 0.00000200. The normalized spacial score (nSPS) is 17.8. The molecule has 0 radical (unpaired) electrons. The van der Waals surface area contributed by atoms with Crippen LogP contribution in [0.2, 0.25) is 5.02 Å².